The first kappa shape index (κ1) is 17.1. The predicted molar refractivity (Wildman–Crippen MR) is 86.5 cm³/mol. The first-order valence-corrected chi connectivity index (χ1v) is 7.97. The molecule has 1 N–H and O–H groups in total. The van der Waals surface area contributed by atoms with Crippen LogP contribution in [0.5, 0.6) is 5.75 Å². The van der Waals surface area contributed by atoms with E-state index < -0.39 is 0 Å². The number of nitrogens with zero attached hydrogens (tertiary/aromatic N) is 1. The van der Waals surface area contributed by atoms with E-state index >= 15 is 0 Å². The van der Waals surface area contributed by atoms with Gasteiger partial charge in [-0.1, -0.05) is 18.2 Å². The van der Waals surface area contributed by atoms with E-state index in [9.17, 15) is 9.59 Å². The molecule has 0 atom stereocenters. The van der Waals surface area contributed by atoms with E-state index in [4.69, 9.17) is 9.47 Å². The summed E-state index contributed by atoms with van der Waals surface area (Å²) in [6.45, 7) is 3.43. The second-order valence-corrected chi connectivity index (χ2v) is 5.51. The second kappa shape index (κ2) is 8.41. The molecule has 126 valence electrons. The SMILES string of the molecule is CCOC(=O)NC1CCN(C(=O)Cc2ccccc2OC)CC1. The number of likely N-dealkylation sites (tertiary alicyclic amines) is 1. The molecule has 1 aromatic rings. The van der Waals surface area contributed by atoms with E-state index in [2.05, 4.69) is 5.32 Å². The third-order valence-electron chi connectivity index (χ3n) is 3.98. The van der Waals surface area contributed by atoms with E-state index in [1.807, 2.05) is 29.2 Å². The monoisotopic (exact) mass is 320 g/mol. The Hall–Kier alpha value is -2.24. The lowest BCUT2D eigenvalue weighted by Crippen LogP contribution is -2.47. The van der Waals surface area contributed by atoms with Crippen LogP contribution in [-0.4, -0.2) is 49.7 Å². The smallest absolute Gasteiger partial charge is 0.407 e. The van der Waals surface area contributed by atoms with Gasteiger partial charge in [0.05, 0.1) is 20.1 Å². The molecule has 0 bridgehead atoms. The number of para-hydroxylation sites is 1. The number of benzene rings is 1. The number of carbonyl (C=O) groups excluding carboxylic acids is 2. The Kier molecular flexibility index (Phi) is 6.26. The van der Waals surface area contributed by atoms with E-state index in [0.29, 0.717) is 26.1 Å². The van der Waals surface area contributed by atoms with Crippen molar-refractivity contribution in [1.29, 1.82) is 0 Å². The van der Waals surface area contributed by atoms with Crippen LogP contribution in [0.3, 0.4) is 0 Å². The highest BCUT2D eigenvalue weighted by molar-refractivity contribution is 5.79. The maximum Gasteiger partial charge on any atom is 0.407 e. The summed E-state index contributed by atoms with van der Waals surface area (Å²) in [4.78, 5) is 25.7. The number of carbonyl (C=O) groups is 2. The average molecular weight is 320 g/mol. The first-order chi connectivity index (χ1) is 11.1. The fourth-order valence-corrected chi connectivity index (χ4v) is 2.74. The Morgan fingerprint density at radius 2 is 1.96 bits per heavy atom. The average Bonchev–Trinajstić information content (AvgIpc) is 2.56. The zero-order chi connectivity index (χ0) is 16.7. The Bertz CT molecular complexity index is 539. The van der Waals surface area contributed by atoms with E-state index in [-0.39, 0.29) is 18.0 Å². The van der Waals surface area contributed by atoms with Crippen LogP contribution < -0.4 is 10.1 Å². The third kappa shape index (κ3) is 4.87. The van der Waals surface area contributed by atoms with Crippen molar-refractivity contribution in [1.82, 2.24) is 10.2 Å². The van der Waals surface area contributed by atoms with Gasteiger partial charge in [0.2, 0.25) is 5.91 Å². The molecule has 0 spiro atoms. The highest BCUT2D eigenvalue weighted by Gasteiger charge is 2.24. The zero-order valence-electron chi connectivity index (χ0n) is 13.7. The highest BCUT2D eigenvalue weighted by Crippen LogP contribution is 2.19. The molecule has 0 aliphatic carbocycles. The quantitative estimate of drug-likeness (QED) is 0.901. The largest absolute Gasteiger partial charge is 0.496 e. The van der Waals surface area contributed by atoms with Crippen molar-refractivity contribution in [3.05, 3.63) is 29.8 Å². The number of ether oxygens (including phenoxy) is 2. The van der Waals surface area contributed by atoms with E-state index in [0.717, 1.165) is 24.2 Å². The molecule has 1 aliphatic heterocycles. The summed E-state index contributed by atoms with van der Waals surface area (Å²) in [5.41, 5.74) is 0.895. The Balaban J connectivity index is 1.83. The molecule has 1 saturated heterocycles. The number of piperidine rings is 1. The number of hydrogen-bond donors (Lipinski definition) is 1. The summed E-state index contributed by atoms with van der Waals surface area (Å²) in [6.07, 6.45) is 1.44. The maximum absolute atomic E-state index is 12.4. The summed E-state index contributed by atoms with van der Waals surface area (Å²) < 4.78 is 10.2. The van der Waals surface area contributed by atoms with Gasteiger partial charge in [0.15, 0.2) is 0 Å². The van der Waals surface area contributed by atoms with Gasteiger partial charge in [-0.15, -0.1) is 0 Å². The van der Waals surface area contributed by atoms with Crippen molar-refractivity contribution in [2.24, 2.45) is 0 Å². The third-order valence-corrected chi connectivity index (χ3v) is 3.98. The van der Waals surface area contributed by atoms with Crippen LogP contribution in [0.25, 0.3) is 0 Å². The molecule has 1 aromatic carbocycles. The Labute approximate surface area is 136 Å². The molecule has 0 aromatic heterocycles. The molecule has 2 amide bonds. The van der Waals surface area contributed by atoms with Crippen LogP contribution in [0.1, 0.15) is 25.3 Å². The summed E-state index contributed by atoms with van der Waals surface area (Å²) in [5.74, 6) is 0.823. The fourth-order valence-electron chi connectivity index (χ4n) is 2.74. The minimum Gasteiger partial charge on any atom is -0.496 e. The highest BCUT2D eigenvalue weighted by atomic mass is 16.5. The van der Waals surface area contributed by atoms with Gasteiger partial charge < -0.3 is 19.7 Å². The number of rotatable bonds is 5. The van der Waals surface area contributed by atoms with Gasteiger partial charge in [0, 0.05) is 24.7 Å². The molecule has 6 nitrogen and oxygen atoms in total. The lowest BCUT2D eigenvalue weighted by Gasteiger charge is -2.32. The predicted octanol–water partition coefficient (Wildman–Crippen LogP) is 1.97. The Morgan fingerprint density at radius 3 is 2.61 bits per heavy atom. The number of alkyl carbamates (subject to hydrolysis) is 1. The molecule has 1 heterocycles. The van der Waals surface area contributed by atoms with Crippen molar-refractivity contribution in [3.63, 3.8) is 0 Å². The van der Waals surface area contributed by atoms with Crippen LogP contribution in [0.2, 0.25) is 0 Å². The normalized spacial score (nSPS) is 15.1. The van der Waals surface area contributed by atoms with Crippen LogP contribution in [0, 0.1) is 0 Å². The molecule has 0 saturated carbocycles. The number of amides is 2. The van der Waals surface area contributed by atoms with Gasteiger partial charge in [-0.25, -0.2) is 4.79 Å². The molecule has 1 fully saturated rings. The van der Waals surface area contributed by atoms with Gasteiger partial charge >= 0.3 is 6.09 Å². The van der Waals surface area contributed by atoms with Gasteiger partial charge in [0.25, 0.3) is 0 Å². The van der Waals surface area contributed by atoms with Crippen LogP contribution in [-0.2, 0) is 16.0 Å². The first-order valence-electron chi connectivity index (χ1n) is 7.97. The van der Waals surface area contributed by atoms with Crippen molar-refractivity contribution in [3.8, 4) is 5.75 Å². The van der Waals surface area contributed by atoms with E-state index in [1.165, 1.54) is 0 Å². The van der Waals surface area contributed by atoms with Gasteiger partial charge in [-0.2, -0.15) is 0 Å². The molecular weight excluding hydrogens is 296 g/mol. The summed E-state index contributed by atoms with van der Waals surface area (Å²) in [7, 11) is 1.61. The van der Waals surface area contributed by atoms with Crippen molar-refractivity contribution in [2.75, 3.05) is 26.8 Å². The van der Waals surface area contributed by atoms with Gasteiger partial charge in [-0.05, 0) is 25.8 Å². The van der Waals surface area contributed by atoms with Gasteiger partial charge in [-0.3, -0.25) is 4.79 Å². The van der Waals surface area contributed by atoms with Crippen LogP contribution in [0.4, 0.5) is 4.79 Å². The fraction of sp³-hybridized carbons (Fsp3) is 0.529. The van der Waals surface area contributed by atoms with Crippen LogP contribution in [0.15, 0.2) is 24.3 Å². The second-order valence-electron chi connectivity index (χ2n) is 5.51. The van der Waals surface area contributed by atoms with Gasteiger partial charge in [0.1, 0.15) is 5.75 Å². The topological polar surface area (TPSA) is 67.9 Å². The number of nitrogens with one attached hydrogen (secondary N) is 1. The Morgan fingerprint density at radius 1 is 1.26 bits per heavy atom. The van der Waals surface area contributed by atoms with Crippen LogP contribution >= 0.6 is 0 Å². The molecule has 2 rings (SSSR count). The molecule has 0 unspecified atom stereocenters. The summed E-state index contributed by atoms with van der Waals surface area (Å²) >= 11 is 0. The zero-order valence-corrected chi connectivity index (χ0v) is 13.7. The van der Waals surface area contributed by atoms with Crippen molar-refractivity contribution in [2.45, 2.75) is 32.2 Å². The molecule has 1 aliphatic rings. The number of hydrogen-bond acceptors (Lipinski definition) is 4. The lowest BCUT2D eigenvalue weighted by molar-refractivity contribution is -0.131. The molecule has 6 heteroatoms. The molecule has 23 heavy (non-hydrogen) atoms. The summed E-state index contributed by atoms with van der Waals surface area (Å²) in [6, 6.07) is 7.63. The van der Waals surface area contributed by atoms with E-state index in [1.54, 1.807) is 14.0 Å². The minimum absolute atomic E-state index is 0.0735. The molecule has 0 radical (unpaired) electrons. The van der Waals surface area contributed by atoms with Crippen molar-refractivity contribution < 1.29 is 19.1 Å². The molecular formula is C17H24N2O4. The summed E-state index contributed by atoms with van der Waals surface area (Å²) in [5, 5.41) is 2.83. The number of methoxy groups -OCH3 is 1. The van der Waals surface area contributed by atoms with Crippen molar-refractivity contribution >= 4 is 12.0 Å². The maximum atomic E-state index is 12.4. The minimum atomic E-state index is -0.383. The standard InChI is InChI=1S/C17H24N2O4/c1-3-23-17(21)18-14-8-10-19(11-9-14)16(20)12-13-6-4-5-7-15(13)22-2/h4-7,14H,3,8-12H2,1-2H3,(H,18,21). The lowest BCUT2D eigenvalue weighted by atomic mass is 10.0.